The van der Waals surface area contributed by atoms with Gasteiger partial charge in [0.05, 0.1) is 12.2 Å². The van der Waals surface area contributed by atoms with Crippen LogP contribution in [0.2, 0.25) is 0 Å². The van der Waals surface area contributed by atoms with E-state index in [1.807, 2.05) is 0 Å². The second-order valence-electron chi connectivity index (χ2n) is 6.48. The van der Waals surface area contributed by atoms with E-state index < -0.39 is 0 Å². The lowest BCUT2D eigenvalue weighted by Crippen LogP contribution is -2.47. The fourth-order valence-electron chi connectivity index (χ4n) is 2.49. The maximum absolute atomic E-state index is 5.78. The Labute approximate surface area is 106 Å². The van der Waals surface area contributed by atoms with Crippen molar-refractivity contribution in [3.05, 3.63) is 0 Å². The molecule has 3 nitrogen and oxygen atoms in total. The first-order valence-corrected chi connectivity index (χ1v) is 6.68. The van der Waals surface area contributed by atoms with Gasteiger partial charge in [-0.2, -0.15) is 0 Å². The zero-order valence-corrected chi connectivity index (χ0v) is 12.3. The molecule has 3 unspecified atom stereocenters. The summed E-state index contributed by atoms with van der Waals surface area (Å²) in [7, 11) is 1.79. The van der Waals surface area contributed by atoms with Gasteiger partial charge in [-0.05, 0) is 47.5 Å². The van der Waals surface area contributed by atoms with Gasteiger partial charge >= 0.3 is 0 Å². The largest absolute Gasteiger partial charge is 0.382 e. The van der Waals surface area contributed by atoms with Crippen LogP contribution >= 0.6 is 0 Å². The molecule has 0 radical (unpaired) electrons. The van der Waals surface area contributed by atoms with Crippen molar-refractivity contribution in [2.45, 2.75) is 65.2 Å². The van der Waals surface area contributed by atoms with E-state index in [2.05, 4.69) is 39.9 Å². The maximum Gasteiger partial charge on any atom is 0.0617 e. The van der Waals surface area contributed by atoms with Crippen LogP contribution in [-0.4, -0.2) is 38.0 Å². The zero-order valence-electron chi connectivity index (χ0n) is 12.3. The smallest absolute Gasteiger partial charge is 0.0617 e. The van der Waals surface area contributed by atoms with E-state index >= 15 is 0 Å². The molecule has 1 N–H and O–H groups in total. The lowest BCUT2D eigenvalue weighted by Gasteiger charge is -2.37. The first-order chi connectivity index (χ1) is 7.79. The number of methoxy groups -OCH3 is 1. The van der Waals surface area contributed by atoms with Crippen LogP contribution in [0.25, 0.3) is 0 Å². The summed E-state index contributed by atoms with van der Waals surface area (Å²) in [6.07, 6.45) is 2.80. The molecule has 0 bridgehead atoms. The lowest BCUT2D eigenvalue weighted by atomic mass is 9.76. The second kappa shape index (κ2) is 5.68. The molecule has 1 saturated heterocycles. The van der Waals surface area contributed by atoms with Gasteiger partial charge in [0.1, 0.15) is 0 Å². The van der Waals surface area contributed by atoms with Crippen molar-refractivity contribution in [3.63, 3.8) is 0 Å². The van der Waals surface area contributed by atoms with Gasteiger partial charge in [0.25, 0.3) is 0 Å². The van der Waals surface area contributed by atoms with Crippen LogP contribution in [-0.2, 0) is 9.47 Å². The van der Waals surface area contributed by atoms with E-state index in [1.54, 1.807) is 7.11 Å². The predicted octanol–water partition coefficient (Wildman–Crippen LogP) is 2.59. The molecule has 3 atom stereocenters. The third-order valence-electron chi connectivity index (χ3n) is 3.90. The maximum atomic E-state index is 5.78. The molecular weight excluding hydrogens is 214 g/mol. The zero-order chi connectivity index (χ0) is 13.1. The Morgan fingerprint density at radius 1 is 1.47 bits per heavy atom. The highest BCUT2D eigenvalue weighted by atomic mass is 16.5. The molecule has 3 heteroatoms. The summed E-state index contributed by atoms with van der Waals surface area (Å²) in [4.78, 5) is 0. The minimum absolute atomic E-state index is 0.158. The fourth-order valence-corrected chi connectivity index (χ4v) is 2.49. The molecule has 1 aliphatic rings. The topological polar surface area (TPSA) is 30.5 Å². The average molecular weight is 243 g/mol. The Hall–Kier alpha value is -0.120. The van der Waals surface area contributed by atoms with Crippen LogP contribution in [0.5, 0.6) is 0 Å². The molecule has 0 aromatic carbocycles. The molecule has 0 spiro atoms. The minimum Gasteiger partial charge on any atom is -0.382 e. The predicted molar refractivity (Wildman–Crippen MR) is 71.3 cm³/mol. The molecule has 17 heavy (non-hydrogen) atoms. The van der Waals surface area contributed by atoms with E-state index in [0.29, 0.717) is 12.2 Å². The van der Waals surface area contributed by atoms with Gasteiger partial charge in [-0.1, -0.05) is 0 Å². The van der Waals surface area contributed by atoms with Gasteiger partial charge < -0.3 is 14.8 Å². The standard InChI is InChI=1S/C14H29NO2/c1-11(16-6)9-14(7-8-17-12(14)2)10-15-13(3,4)5/h11-12,15H,7-10H2,1-6H3. The summed E-state index contributed by atoms with van der Waals surface area (Å²) < 4.78 is 11.2. The number of nitrogens with one attached hydrogen (secondary N) is 1. The molecule has 1 rings (SSSR count). The van der Waals surface area contributed by atoms with Gasteiger partial charge in [-0.3, -0.25) is 0 Å². The Morgan fingerprint density at radius 3 is 2.53 bits per heavy atom. The third-order valence-corrected chi connectivity index (χ3v) is 3.90. The van der Waals surface area contributed by atoms with Gasteiger partial charge in [-0.15, -0.1) is 0 Å². The molecule has 0 aromatic heterocycles. The molecular formula is C14H29NO2. The molecule has 0 aliphatic carbocycles. The fraction of sp³-hybridized carbons (Fsp3) is 1.00. The minimum atomic E-state index is 0.158. The Kier molecular flexibility index (Phi) is 4.99. The number of rotatable bonds is 5. The van der Waals surface area contributed by atoms with E-state index in [0.717, 1.165) is 26.0 Å². The van der Waals surface area contributed by atoms with Crippen molar-refractivity contribution in [1.82, 2.24) is 5.32 Å². The quantitative estimate of drug-likeness (QED) is 0.805. The second-order valence-corrected chi connectivity index (χ2v) is 6.48. The van der Waals surface area contributed by atoms with Crippen LogP contribution in [0.3, 0.4) is 0 Å². The normalized spacial score (nSPS) is 31.8. The monoisotopic (exact) mass is 243 g/mol. The van der Waals surface area contributed by atoms with Crippen LogP contribution in [0.1, 0.15) is 47.5 Å². The first-order valence-electron chi connectivity index (χ1n) is 6.68. The SMILES string of the molecule is COC(C)CC1(CNC(C)(C)C)CCOC1C. The molecule has 1 aliphatic heterocycles. The molecule has 102 valence electrons. The van der Waals surface area contributed by atoms with E-state index in [1.165, 1.54) is 0 Å². The highest BCUT2D eigenvalue weighted by molar-refractivity contribution is 4.94. The Balaban J connectivity index is 2.66. The van der Waals surface area contributed by atoms with Crippen LogP contribution in [0, 0.1) is 5.41 Å². The van der Waals surface area contributed by atoms with Gasteiger partial charge in [-0.25, -0.2) is 0 Å². The molecule has 0 aromatic rings. The van der Waals surface area contributed by atoms with Crippen molar-refractivity contribution >= 4 is 0 Å². The third kappa shape index (κ3) is 4.23. The van der Waals surface area contributed by atoms with Gasteiger partial charge in [0.15, 0.2) is 0 Å². The molecule has 1 heterocycles. The Bertz CT molecular complexity index is 237. The summed E-state index contributed by atoms with van der Waals surface area (Å²) in [6, 6.07) is 0. The summed E-state index contributed by atoms with van der Waals surface area (Å²) in [5, 5.41) is 3.63. The number of ether oxygens (including phenoxy) is 2. The van der Waals surface area contributed by atoms with Gasteiger partial charge in [0.2, 0.25) is 0 Å². The van der Waals surface area contributed by atoms with Crippen molar-refractivity contribution in [3.8, 4) is 0 Å². The molecule has 0 saturated carbocycles. The van der Waals surface area contributed by atoms with Crippen molar-refractivity contribution < 1.29 is 9.47 Å². The highest BCUT2D eigenvalue weighted by Crippen LogP contribution is 2.39. The van der Waals surface area contributed by atoms with E-state index in [9.17, 15) is 0 Å². The summed E-state index contributed by atoms with van der Waals surface area (Å²) in [5.74, 6) is 0. The van der Waals surface area contributed by atoms with E-state index in [4.69, 9.17) is 9.47 Å². The molecule has 0 amide bonds. The van der Waals surface area contributed by atoms with Crippen LogP contribution < -0.4 is 5.32 Å². The summed E-state index contributed by atoms with van der Waals surface area (Å²) in [6.45, 7) is 12.8. The summed E-state index contributed by atoms with van der Waals surface area (Å²) >= 11 is 0. The summed E-state index contributed by atoms with van der Waals surface area (Å²) in [5.41, 5.74) is 0.383. The van der Waals surface area contributed by atoms with Gasteiger partial charge in [0, 0.05) is 31.2 Å². The Morgan fingerprint density at radius 2 is 2.12 bits per heavy atom. The average Bonchev–Trinajstić information content (AvgIpc) is 2.57. The van der Waals surface area contributed by atoms with Crippen LogP contribution in [0.4, 0.5) is 0 Å². The van der Waals surface area contributed by atoms with Crippen molar-refractivity contribution in [2.24, 2.45) is 5.41 Å². The van der Waals surface area contributed by atoms with Crippen molar-refractivity contribution in [2.75, 3.05) is 20.3 Å². The van der Waals surface area contributed by atoms with E-state index in [-0.39, 0.29) is 11.0 Å². The highest BCUT2D eigenvalue weighted by Gasteiger charge is 2.42. The molecule has 1 fully saturated rings. The van der Waals surface area contributed by atoms with Crippen molar-refractivity contribution in [1.29, 1.82) is 0 Å². The van der Waals surface area contributed by atoms with Crippen LogP contribution in [0.15, 0.2) is 0 Å². The number of hydrogen-bond acceptors (Lipinski definition) is 3. The number of hydrogen-bond donors (Lipinski definition) is 1. The first kappa shape index (κ1) is 14.9. The lowest BCUT2D eigenvalue weighted by molar-refractivity contribution is 0.0130.